The number of hydrogen-bond acceptors (Lipinski definition) is 2. The van der Waals surface area contributed by atoms with Crippen LogP contribution in [0.15, 0.2) is 29.6 Å². The summed E-state index contributed by atoms with van der Waals surface area (Å²) in [6.07, 6.45) is 0. The Hall–Kier alpha value is -0.910. The summed E-state index contributed by atoms with van der Waals surface area (Å²) in [5.74, 6) is 0.103. The first-order valence-electron chi connectivity index (χ1n) is 5.72. The van der Waals surface area contributed by atoms with Gasteiger partial charge in [-0.1, -0.05) is 22.9 Å². The number of rotatable bonds is 1. The number of thiazole rings is 1. The maximum Gasteiger partial charge on any atom is 0.344 e. The van der Waals surface area contributed by atoms with Gasteiger partial charge in [-0.05, 0) is 24.3 Å². The molecule has 0 spiro atoms. The second kappa shape index (κ2) is 5.61. The minimum atomic E-state index is 0. The number of carbonyl (C=O) groups excluding carboxylic acids is 1. The third-order valence-electron chi connectivity index (χ3n) is 3.10. The van der Waals surface area contributed by atoms with Gasteiger partial charge in [0.15, 0.2) is 0 Å². The maximum absolute atomic E-state index is 11.5. The zero-order chi connectivity index (χ0) is 12.7. The standard InChI is InChI=1S/C13H12ClN2OS.BrH/c1-9(17)15-6-7-16-12(8-18-13(15)16)10-2-4-11(14)5-3-10;/h2-5,8H,6-7H2,1H3;1H/q+1;/p-1. The average molecular weight is 360 g/mol. The van der Waals surface area contributed by atoms with E-state index in [4.69, 9.17) is 11.6 Å². The Morgan fingerprint density at radius 2 is 2.05 bits per heavy atom. The van der Waals surface area contributed by atoms with Gasteiger partial charge in [-0.15, -0.1) is 0 Å². The lowest BCUT2D eigenvalue weighted by Crippen LogP contribution is -3.00. The van der Waals surface area contributed by atoms with Crippen LogP contribution in [0.5, 0.6) is 0 Å². The molecule has 0 bridgehead atoms. The molecule has 0 saturated heterocycles. The Morgan fingerprint density at radius 1 is 1.37 bits per heavy atom. The molecule has 0 N–H and O–H groups in total. The molecule has 0 radical (unpaired) electrons. The Bertz CT molecular complexity index is 612. The first kappa shape index (κ1) is 14.5. The minimum absolute atomic E-state index is 0. The van der Waals surface area contributed by atoms with E-state index in [-0.39, 0.29) is 22.9 Å². The molecule has 6 heteroatoms. The van der Waals surface area contributed by atoms with Gasteiger partial charge in [0.05, 0.1) is 0 Å². The van der Waals surface area contributed by atoms with E-state index >= 15 is 0 Å². The van der Waals surface area contributed by atoms with E-state index in [1.807, 2.05) is 29.2 Å². The summed E-state index contributed by atoms with van der Waals surface area (Å²) in [5.41, 5.74) is 2.28. The van der Waals surface area contributed by atoms with Crippen LogP contribution in [-0.4, -0.2) is 12.5 Å². The van der Waals surface area contributed by atoms with Gasteiger partial charge in [0.1, 0.15) is 18.8 Å². The smallest absolute Gasteiger partial charge is 0.344 e. The summed E-state index contributed by atoms with van der Waals surface area (Å²) in [6, 6.07) is 7.79. The Kier molecular flexibility index (Phi) is 4.28. The number of halogens is 2. The lowest BCUT2D eigenvalue weighted by atomic mass is 10.2. The molecule has 2 aromatic rings. The van der Waals surface area contributed by atoms with Gasteiger partial charge in [-0.2, -0.15) is 4.90 Å². The van der Waals surface area contributed by atoms with Gasteiger partial charge >= 0.3 is 11.0 Å². The number of aromatic nitrogens is 1. The highest BCUT2D eigenvalue weighted by molar-refractivity contribution is 7.13. The number of carbonyl (C=O) groups is 1. The van der Waals surface area contributed by atoms with Gasteiger partial charge in [0.2, 0.25) is 0 Å². The molecule has 0 aliphatic carbocycles. The predicted molar refractivity (Wildman–Crippen MR) is 73.0 cm³/mol. The second-order valence-electron chi connectivity index (χ2n) is 4.23. The third kappa shape index (κ3) is 2.55. The van der Waals surface area contributed by atoms with Gasteiger partial charge < -0.3 is 17.0 Å². The summed E-state index contributed by atoms with van der Waals surface area (Å²) >= 11 is 7.51. The molecule has 100 valence electrons. The fourth-order valence-corrected chi connectivity index (χ4v) is 3.47. The number of benzene rings is 1. The zero-order valence-corrected chi connectivity index (χ0v) is 13.4. The highest BCUT2D eigenvalue weighted by Crippen LogP contribution is 2.29. The molecule has 1 aliphatic rings. The SMILES string of the molecule is CC(=O)N1CC[n+]2c(-c3ccc(Cl)cc3)csc21.[Br-]. The van der Waals surface area contributed by atoms with E-state index in [0.29, 0.717) is 0 Å². The van der Waals surface area contributed by atoms with Gasteiger partial charge in [0, 0.05) is 22.9 Å². The summed E-state index contributed by atoms with van der Waals surface area (Å²) < 4.78 is 2.19. The molecule has 1 aliphatic heterocycles. The Balaban J connectivity index is 0.00000133. The molecule has 3 nitrogen and oxygen atoms in total. The van der Waals surface area contributed by atoms with Crippen LogP contribution in [0.25, 0.3) is 11.3 Å². The molecule has 2 heterocycles. The van der Waals surface area contributed by atoms with Crippen LogP contribution in [0, 0.1) is 0 Å². The first-order valence-corrected chi connectivity index (χ1v) is 6.98. The van der Waals surface area contributed by atoms with Crippen LogP contribution in [0.3, 0.4) is 0 Å². The normalized spacial score (nSPS) is 13.1. The average Bonchev–Trinajstić information content (AvgIpc) is 2.90. The van der Waals surface area contributed by atoms with Gasteiger partial charge in [-0.3, -0.25) is 0 Å². The van der Waals surface area contributed by atoms with Crippen molar-refractivity contribution in [3.63, 3.8) is 0 Å². The van der Waals surface area contributed by atoms with E-state index in [2.05, 4.69) is 9.95 Å². The van der Waals surface area contributed by atoms with Gasteiger partial charge in [0.25, 0.3) is 0 Å². The Labute approximate surface area is 131 Å². The predicted octanol–water partition coefficient (Wildman–Crippen LogP) is -0.273. The van der Waals surface area contributed by atoms with Crippen molar-refractivity contribution in [1.82, 2.24) is 0 Å². The molecule has 3 rings (SSSR count). The monoisotopic (exact) mass is 358 g/mol. The van der Waals surface area contributed by atoms with E-state index in [9.17, 15) is 4.79 Å². The van der Waals surface area contributed by atoms with Crippen LogP contribution in [0.4, 0.5) is 5.13 Å². The second-order valence-corrected chi connectivity index (χ2v) is 5.51. The van der Waals surface area contributed by atoms with Gasteiger partial charge in [-0.25, -0.2) is 9.36 Å². The number of anilines is 1. The maximum atomic E-state index is 11.5. The molecular formula is C13H12BrClN2OS. The number of amides is 1. The summed E-state index contributed by atoms with van der Waals surface area (Å²) in [6.45, 7) is 3.23. The molecule has 0 atom stereocenters. The Morgan fingerprint density at radius 3 is 2.68 bits per heavy atom. The van der Waals surface area contributed by atoms with Crippen molar-refractivity contribution >= 4 is 34.0 Å². The van der Waals surface area contributed by atoms with Crippen LogP contribution in [-0.2, 0) is 11.3 Å². The molecule has 0 saturated carbocycles. The highest BCUT2D eigenvalue weighted by atomic mass is 79.9. The van der Waals surface area contributed by atoms with Crippen molar-refractivity contribution in [3.05, 3.63) is 34.7 Å². The topological polar surface area (TPSA) is 24.2 Å². The molecular weight excluding hydrogens is 348 g/mol. The largest absolute Gasteiger partial charge is 1.00 e. The fraction of sp³-hybridized carbons (Fsp3) is 0.231. The van der Waals surface area contributed by atoms with Crippen molar-refractivity contribution in [1.29, 1.82) is 0 Å². The van der Waals surface area contributed by atoms with Crippen LogP contribution < -0.4 is 26.4 Å². The van der Waals surface area contributed by atoms with Crippen LogP contribution in [0.1, 0.15) is 6.92 Å². The molecule has 1 aromatic carbocycles. The van der Waals surface area contributed by atoms with Crippen molar-refractivity contribution in [2.75, 3.05) is 11.4 Å². The third-order valence-corrected chi connectivity index (χ3v) is 4.34. The molecule has 19 heavy (non-hydrogen) atoms. The summed E-state index contributed by atoms with van der Waals surface area (Å²) in [5, 5.41) is 3.85. The van der Waals surface area contributed by atoms with Crippen molar-refractivity contribution in [3.8, 4) is 11.3 Å². The number of fused-ring (bicyclic) bond motifs is 1. The molecule has 0 fully saturated rings. The van der Waals surface area contributed by atoms with E-state index < -0.39 is 0 Å². The molecule has 1 amide bonds. The zero-order valence-electron chi connectivity index (χ0n) is 10.3. The lowest BCUT2D eigenvalue weighted by molar-refractivity contribution is -0.655. The first-order chi connectivity index (χ1) is 8.66. The van der Waals surface area contributed by atoms with E-state index in [0.717, 1.165) is 34.5 Å². The minimum Gasteiger partial charge on any atom is -1.00 e. The summed E-state index contributed by atoms with van der Waals surface area (Å²) in [7, 11) is 0. The molecule has 1 aromatic heterocycles. The van der Waals surface area contributed by atoms with Crippen molar-refractivity contribution in [2.24, 2.45) is 0 Å². The fourth-order valence-electron chi connectivity index (χ4n) is 2.20. The van der Waals surface area contributed by atoms with Crippen molar-refractivity contribution in [2.45, 2.75) is 13.5 Å². The van der Waals surface area contributed by atoms with Crippen molar-refractivity contribution < 1.29 is 26.3 Å². The van der Waals surface area contributed by atoms with E-state index in [1.165, 1.54) is 0 Å². The number of nitrogens with zero attached hydrogens (tertiary/aromatic N) is 2. The highest BCUT2D eigenvalue weighted by Gasteiger charge is 2.35. The molecule has 0 unspecified atom stereocenters. The van der Waals surface area contributed by atoms with E-state index in [1.54, 1.807) is 18.3 Å². The summed E-state index contributed by atoms with van der Waals surface area (Å²) in [4.78, 5) is 13.3. The number of hydrogen-bond donors (Lipinski definition) is 0. The quantitative estimate of drug-likeness (QED) is 0.643. The lowest BCUT2D eigenvalue weighted by Gasteiger charge is -2.00. The van der Waals surface area contributed by atoms with Crippen LogP contribution in [0.2, 0.25) is 5.02 Å². The van der Waals surface area contributed by atoms with Crippen LogP contribution >= 0.6 is 22.9 Å².